The molecule has 3 aromatic rings. The van der Waals surface area contributed by atoms with Crippen molar-refractivity contribution >= 4 is 34.2 Å². The lowest BCUT2D eigenvalue weighted by Crippen LogP contribution is -2.28. The Morgan fingerprint density at radius 1 is 0.923 bits per heavy atom. The van der Waals surface area contributed by atoms with Gasteiger partial charge in [-0.15, -0.1) is 0 Å². The Labute approximate surface area is 149 Å². The number of rotatable bonds is 5. The number of H-pyrrole nitrogens is 1. The van der Waals surface area contributed by atoms with Crippen LogP contribution in [0.4, 0.5) is 5.69 Å². The van der Waals surface area contributed by atoms with Gasteiger partial charge < -0.3 is 15.6 Å². The van der Waals surface area contributed by atoms with Gasteiger partial charge in [-0.3, -0.25) is 14.4 Å². The summed E-state index contributed by atoms with van der Waals surface area (Å²) in [4.78, 5) is 40.3. The molecule has 0 spiro atoms. The maximum atomic E-state index is 12.6. The maximum Gasteiger partial charge on any atom is 0.296 e. The van der Waals surface area contributed by atoms with E-state index in [1.807, 2.05) is 18.2 Å². The van der Waals surface area contributed by atoms with Crippen molar-refractivity contribution in [2.75, 3.05) is 5.32 Å². The number of hydrogen-bond acceptors (Lipinski definition) is 3. The molecule has 0 radical (unpaired) electrons. The van der Waals surface area contributed by atoms with Crippen LogP contribution in [0.5, 0.6) is 0 Å². The predicted octanol–water partition coefficient (Wildman–Crippen LogP) is 2.88. The summed E-state index contributed by atoms with van der Waals surface area (Å²) in [5, 5.41) is 6.15. The van der Waals surface area contributed by atoms with E-state index in [-0.39, 0.29) is 11.9 Å². The summed E-state index contributed by atoms with van der Waals surface area (Å²) >= 11 is 0. The van der Waals surface area contributed by atoms with E-state index in [0.717, 1.165) is 18.4 Å². The first-order chi connectivity index (χ1) is 12.6. The average Bonchev–Trinajstić information content (AvgIpc) is 3.37. The highest BCUT2D eigenvalue weighted by molar-refractivity contribution is 6.48. The second kappa shape index (κ2) is 6.48. The summed E-state index contributed by atoms with van der Waals surface area (Å²) in [6.45, 7) is 0. The molecule has 26 heavy (non-hydrogen) atoms. The number of benzene rings is 2. The Bertz CT molecular complexity index is 1020. The third kappa shape index (κ3) is 3.09. The van der Waals surface area contributed by atoms with E-state index in [9.17, 15) is 14.4 Å². The highest BCUT2D eigenvalue weighted by atomic mass is 16.2. The Hall–Kier alpha value is -3.41. The van der Waals surface area contributed by atoms with Crippen LogP contribution in [-0.4, -0.2) is 28.6 Å². The van der Waals surface area contributed by atoms with Crippen LogP contribution < -0.4 is 10.6 Å². The molecule has 1 fully saturated rings. The van der Waals surface area contributed by atoms with Gasteiger partial charge in [0.25, 0.3) is 17.6 Å². The number of Topliss-reactive ketones (excluding diaryl/α,β-unsaturated/α-hetero) is 1. The predicted molar refractivity (Wildman–Crippen MR) is 98.2 cm³/mol. The molecule has 0 unspecified atom stereocenters. The number of para-hydroxylation sites is 2. The van der Waals surface area contributed by atoms with E-state index in [2.05, 4.69) is 15.6 Å². The van der Waals surface area contributed by atoms with Crippen molar-refractivity contribution in [1.29, 1.82) is 0 Å². The van der Waals surface area contributed by atoms with Crippen molar-refractivity contribution in [2.24, 2.45) is 0 Å². The van der Waals surface area contributed by atoms with Crippen molar-refractivity contribution in [3.05, 3.63) is 65.9 Å². The first kappa shape index (κ1) is 16.1. The standard InChI is InChI=1S/C20H17N3O3/c24-18(15-11-21-16-7-3-1-5-13(15)16)20(26)23-17-8-4-2-6-14(17)19(25)22-12-9-10-12/h1-8,11-12,21H,9-10H2,(H,22,25)(H,23,26). The summed E-state index contributed by atoms with van der Waals surface area (Å²) in [6.07, 6.45) is 3.47. The fourth-order valence-electron chi connectivity index (χ4n) is 2.84. The molecule has 1 saturated carbocycles. The highest BCUT2D eigenvalue weighted by Gasteiger charge is 2.26. The second-order valence-electron chi connectivity index (χ2n) is 6.32. The van der Waals surface area contributed by atoms with Crippen LogP contribution >= 0.6 is 0 Å². The van der Waals surface area contributed by atoms with Crippen molar-refractivity contribution in [3.8, 4) is 0 Å². The van der Waals surface area contributed by atoms with E-state index in [1.165, 1.54) is 6.20 Å². The second-order valence-corrected chi connectivity index (χ2v) is 6.32. The summed E-state index contributed by atoms with van der Waals surface area (Å²) in [6, 6.07) is 14.2. The smallest absolute Gasteiger partial charge is 0.296 e. The van der Waals surface area contributed by atoms with Gasteiger partial charge in [-0.1, -0.05) is 30.3 Å². The molecule has 4 rings (SSSR count). The molecule has 1 heterocycles. The van der Waals surface area contributed by atoms with Crippen LogP contribution in [0, 0.1) is 0 Å². The van der Waals surface area contributed by atoms with Crippen LogP contribution in [0.25, 0.3) is 10.9 Å². The lowest BCUT2D eigenvalue weighted by molar-refractivity contribution is -0.112. The fourth-order valence-corrected chi connectivity index (χ4v) is 2.84. The first-order valence-corrected chi connectivity index (χ1v) is 8.45. The molecule has 2 amide bonds. The molecule has 6 heteroatoms. The molecular weight excluding hydrogens is 330 g/mol. The monoisotopic (exact) mass is 347 g/mol. The molecule has 1 aliphatic rings. The van der Waals surface area contributed by atoms with Crippen LogP contribution in [0.3, 0.4) is 0 Å². The summed E-state index contributed by atoms with van der Waals surface area (Å²) < 4.78 is 0. The quantitative estimate of drug-likeness (QED) is 0.489. The van der Waals surface area contributed by atoms with E-state index in [1.54, 1.807) is 30.3 Å². The number of carbonyl (C=O) groups excluding carboxylic acids is 3. The summed E-state index contributed by atoms with van der Waals surface area (Å²) in [7, 11) is 0. The summed E-state index contributed by atoms with van der Waals surface area (Å²) in [5.74, 6) is -1.68. The van der Waals surface area contributed by atoms with Gasteiger partial charge in [0.2, 0.25) is 0 Å². The first-order valence-electron chi connectivity index (χ1n) is 8.45. The normalized spacial score (nSPS) is 13.4. The maximum absolute atomic E-state index is 12.6. The number of fused-ring (bicyclic) bond motifs is 1. The number of aromatic nitrogens is 1. The number of amides is 2. The molecule has 0 saturated heterocycles. The Balaban J connectivity index is 1.56. The lowest BCUT2D eigenvalue weighted by atomic mass is 10.1. The van der Waals surface area contributed by atoms with Gasteiger partial charge in [-0.05, 0) is 31.0 Å². The topological polar surface area (TPSA) is 91.1 Å². The van der Waals surface area contributed by atoms with Crippen molar-refractivity contribution in [3.63, 3.8) is 0 Å². The van der Waals surface area contributed by atoms with Gasteiger partial charge >= 0.3 is 0 Å². The number of carbonyl (C=O) groups is 3. The number of ketones is 1. The Morgan fingerprint density at radius 3 is 2.46 bits per heavy atom. The van der Waals surface area contributed by atoms with Crippen molar-refractivity contribution < 1.29 is 14.4 Å². The van der Waals surface area contributed by atoms with E-state index in [0.29, 0.717) is 22.2 Å². The molecule has 1 aromatic heterocycles. The molecule has 0 aliphatic heterocycles. The zero-order chi connectivity index (χ0) is 18.1. The van der Waals surface area contributed by atoms with Gasteiger partial charge in [-0.25, -0.2) is 0 Å². The minimum atomic E-state index is -0.776. The Kier molecular flexibility index (Phi) is 4.01. The molecule has 130 valence electrons. The zero-order valence-electron chi connectivity index (χ0n) is 13.9. The average molecular weight is 347 g/mol. The van der Waals surface area contributed by atoms with Gasteiger partial charge in [0.05, 0.1) is 16.8 Å². The highest BCUT2D eigenvalue weighted by Crippen LogP contribution is 2.22. The molecule has 6 nitrogen and oxygen atoms in total. The van der Waals surface area contributed by atoms with Crippen LogP contribution in [0.15, 0.2) is 54.7 Å². The minimum Gasteiger partial charge on any atom is -0.360 e. The van der Waals surface area contributed by atoms with Gasteiger partial charge in [0, 0.05) is 23.1 Å². The van der Waals surface area contributed by atoms with Crippen LogP contribution in [-0.2, 0) is 4.79 Å². The summed E-state index contributed by atoms with van der Waals surface area (Å²) in [5.41, 5.74) is 1.76. The van der Waals surface area contributed by atoms with Gasteiger partial charge in [-0.2, -0.15) is 0 Å². The van der Waals surface area contributed by atoms with E-state index >= 15 is 0 Å². The molecule has 1 aliphatic carbocycles. The number of hydrogen-bond donors (Lipinski definition) is 3. The van der Waals surface area contributed by atoms with E-state index < -0.39 is 11.7 Å². The molecule has 3 N–H and O–H groups in total. The van der Waals surface area contributed by atoms with Crippen LogP contribution in [0.1, 0.15) is 33.6 Å². The third-order valence-electron chi connectivity index (χ3n) is 4.37. The zero-order valence-corrected chi connectivity index (χ0v) is 13.9. The minimum absolute atomic E-state index is 0.208. The van der Waals surface area contributed by atoms with E-state index in [4.69, 9.17) is 0 Å². The number of nitrogens with one attached hydrogen (secondary N) is 3. The van der Waals surface area contributed by atoms with Gasteiger partial charge in [0.15, 0.2) is 0 Å². The van der Waals surface area contributed by atoms with Crippen molar-refractivity contribution in [2.45, 2.75) is 18.9 Å². The molecular formula is C20H17N3O3. The fraction of sp³-hybridized carbons (Fsp3) is 0.150. The Morgan fingerprint density at radius 2 is 1.65 bits per heavy atom. The third-order valence-corrected chi connectivity index (χ3v) is 4.37. The molecule has 0 atom stereocenters. The number of aromatic amines is 1. The van der Waals surface area contributed by atoms with Crippen LogP contribution in [0.2, 0.25) is 0 Å². The van der Waals surface area contributed by atoms with Gasteiger partial charge in [0.1, 0.15) is 0 Å². The SMILES string of the molecule is O=C(Nc1ccccc1C(=O)NC1CC1)C(=O)c1c[nH]c2ccccc12. The largest absolute Gasteiger partial charge is 0.360 e. The number of anilines is 1. The van der Waals surface area contributed by atoms with Crippen molar-refractivity contribution in [1.82, 2.24) is 10.3 Å². The molecule has 2 aromatic carbocycles. The lowest BCUT2D eigenvalue weighted by Gasteiger charge is -2.10. The molecule has 0 bridgehead atoms.